The van der Waals surface area contributed by atoms with Crippen LogP contribution >= 0.6 is 0 Å². The Morgan fingerprint density at radius 2 is 1.11 bits per heavy atom. The summed E-state index contributed by atoms with van der Waals surface area (Å²) in [4.78, 5) is 0. The smallest absolute Gasteiger partial charge is 0.385 e. The molecular weight excluding hydrogens is 309 g/mol. The summed E-state index contributed by atoms with van der Waals surface area (Å²) in [5.41, 5.74) is 0. The van der Waals surface area contributed by atoms with Gasteiger partial charge in [-0.15, -0.1) is 0 Å². The van der Waals surface area contributed by atoms with Crippen LogP contribution in [-0.2, 0) is 0 Å². The molecule has 0 unspecified atom stereocenters. The van der Waals surface area contributed by atoms with E-state index in [0.717, 1.165) is 0 Å². The second-order valence-corrected chi connectivity index (χ2v) is 3.16. The summed E-state index contributed by atoms with van der Waals surface area (Å²) < 4.78 is 135. The highest BCUT2D eigenvalue weighted by atomic mass is 19.4. The van der Waals surface area contributed by atoms with Crippen molar-refractivity contribution in [1.82, 2.24) is 0 Å². The molecule has 0 saturated heterocycles. The van der Waals surface area contributed by atoms with Crippen molar-refractivity contribution in [2.24, 2.45) is 0 Å². The van der Waals surface area contributed by atoms with Crippen LogP contribution in [0, 0.1) is 0 Å². The van der Waals surface area contributed by atoms with Crippen LogP contribution in [0.15, 0.2) is 11.9 Å². The van der Waals surface area contributed by atoms with Crippen molar-refractivity contribution in [3.63, 3.8) is 0 Å². The van der Waals surface area contributed by atoms with Crippen LogP contribution in [0.1, 0.15) is 0 Å². The molecule has 19 heavy (non-hydrogen) atoms. The van der Waals surface area contributed by atoms with Crippen molar-refractivity contribution < 1.29 is 53.4 Å². The van der Waals surface area contributed by atoms with E-state index in [0.29, 0.717) is 0 Å². The van der Waals surface area contributed by atoms with E-state index in [2.05, 4.69) is 0 Å². The maximum atomic E-state index is 12.6. The lowest BCUT2D eigenvalue weighted by molar-refractivity contribution is -0.365. The summed E-state index contributed by atoms with van der Waals surface area (Å²) in [5.74, 6) is -31.4. The molecule has 1 nitrogen and oxygen atoms in total. The van der Waals surface area contributed by atoms with E-state index in [1.807, 2.05) is 0 Å². The highest BCUT2D eigenvalue weighted by Gasteiger charge is 2.82. The molecule has 0 saturated carbocycles. The van der Waals surface area contributed by atoms with Gasteiger partial charge >= 0.3 is 29.8 Å². The van der Waals surface area contributed by atoms with E-state index in [9.17, 15) is 48.3 Å². The molecule has 0 aromatic heterocycles. The van der Waals surface area contributed by atoms with Gasteiger partial charge in [-0.1, -0.05) is 0 Å². The number of rotatable bonds is 5. The summed E-state index contributed by atoms with van der Waals surface area (Å²) in [7, 11) is 0. The SMILES string of the molecule is OCC(F)(F)C(F)(F)C(F)(F)C(F)(F)C(F)=C(F)F. The van der Waals surface area contributed by atoms with Crippen LogP contribution in [0.2, 0.25) is 0 Å². The molecule has 0 aromatic rings. The molecule has 0 rings (SSSR count). The number of aliphatic hydroxyl groups is 1. The summed E-state index contributed by atoms with van der Waals surface area (Å²) in [6, 6.07) is 0. The zero-order valence-corrected chi connectivity index (χ0v) is 8.31. The summed E-state index contributed by atoms with van der Waals surface area (Å²) in [6.07, 6.45) is -4.08. The zero-order chi connectivity index (χ0) is 15.9. The van der Waals surface area contributed by atoms with Crippen LogP contribution in [-0.4, -0.2) is 35.4 Å². The van der Waals surface area contributed by atoms with Crippen LogP contribution in [0.3, 0.4) is 0 Å². The molecule has 114 valence electrons. The van der Waals surface area contributed by atoms with Gasteiger partial charge in [0.25, 0.3) is 0 Å². The van der Waals surface area contributed by atoms with Crippen molar-refractivity contribution in [3.05, 3.63) is 11.9 Å². The standard InChI is InChI=1S/C7H3F11O/c8-2(3(9)10)5(13,14)7(17,18)6(15,16)4(11,12)1-19/h19H,1H2. The Morgan fingerprint density at radius 1 is 0.737 bits per heavy atom. The van der Waals surface area contributed by atoms with Crippen molar-refractivity contribution in [3.8, 4) is 0 Å². The van der Waals surface area contributed by atoms with Gasteiger partial charge in [0.05, 0.1) is 0 Å². The second kappa shape index (κ2) is 4.80. The van der Waals surface area contributed by atoms with Gasteiger partial charge < -0.3 is 5.11 Å². The molecule has 0 bridgehead atoms. The van der Waals surface area contributed by atoms with E-state index in [1.165, 1.54) is 0 Å². The predicted molar refractivity (Wildman–Crippen MR) is 37.2 cm³/mol. The van der Waals surface area contributed by atoms with Crippen LogP contribution in [0.25, 0.3) is 0 Å². The third-order valence-corrected chi connectivity index (χ3v) is 1.89. The fourth-order valence-corrected chi connectivity index (χ4v) is 0.783. The second-order valence-electron chi connectivity index (χ2n) is 3.16. The third-order valence-electron chi connectivity index (χ3n) is 1.89. The first-order valence-electron chi connectivity index (χ1n) is 4.00. The molecule has 0 amide bonds. The minimum atomic E-state index is -7.21. The lowest BCUT2D eigenvalue weighted by Gasteiger charge is -2.35. The fraction of sp³-hybridized carbons (Fsp3) is 0.714. The summed E-state index contributed by atoms with van der Waals surface area (Å²) in [6.45, 7) is -2.99. The van der Waals surface area contributed by atoms with Crippen molar-refractivity contribution >= 4 is 0 Å². The van der Waals surface area contributed by atoms with Crippen LogP contribution in [0.4, 0.5) is 48.3 Å². The van der Waals surface area contributed by atoms with Gasteiger partial charge in [0.15, 0.2) is 0 Å². The molecule has 12 heteroatoms. The Hall–Kier alpha value is -1.07. The lowest BCUT2D eigenvalue weighted by atomic mass is 9.98. The number of allylic oxidation sites excluding steroid dienone is 1. The van der Waals surface area contributed by atoms with Gasteiger partial charge in [-0.05, 0) is 0 Å². The Morgan fingerprint density at radius 3 is 1.37 bits per heavy atom. The lowest BCUT2D eigenvalue weighted by Crippen LogP contribution is -2.63. The molecule has 0 atom stereocenters. The molecule has 0 aliphatic heterocycles. The van der Waals surface area contributed by atoms with Crippen LogP contribution < -0.4 is 0 Å². The van der Waals surface area contributed by atoms with E-state index in [4.69, 9.17) is 5.11 Å². The number of alkyl halides is 8. The molecular formula is C7H3F11O. The quantitative estimate of drug-likeness (QED) is 0.769. The van der Waals surface area contributed by atoms with Crippen molar-refractivity contribution in [2.75, 3.05) is 6.61 Å². The number of halogens is 11. The van der Waals surface area contributed by atoms with Gasteiger partial charge in [0, 0.05) is 0 Å². The highest BCUT2D eigenvalue weighted by Crippen LogP contribution is 2.55. The average molecular weight is 312 g/mol. The topological polar surface area (TPSA) is 20.2 Å². The van der Waals surface area contributed by atoms with Crippen LogP contribution in [0.5, 0.6) is 0 Å². The Bertz CT molecular complexity index is 367. The predicted octanol–water partition coefficient (Wildman–Crippen LogP) is 3.60. The Balaban J connectivity index is 5.94. The van der Waals surface area contributed by atoms with Crippen molar-refractivity contribution in [2.45, 2.75) is 23.7 Å². The molecule has 0 radical (unpaired) electrons. The Kier molecular flexibility index (Phi) is 4.53. The number of aliphatic hydroxyl groups excluding tert-OH is 1. The molecule has 0 aliphatic rings. The van der Waals surface area contributed by atoms with E-state index in [1.54, 1.807) is 0 Å². The minimum absolute atomic E-state index is 2.99. The first-order chi connectivity index (χ1) is 8.16. The molecule has 0 aromatic carbocycles. The van der Waals surface area contributed by atoms with E-state index in [-0.39, 0.29) is 0 Å². The zero-order valence-electron chi connectivity index (χ0n) is 8.31. The molecule has 0 aliphatic carbocycles. The van der Waals surface area contributed by atoms with Crippen molar-refractivity contribution in [1.29, 1.82) is 0 Å². The number of hydrogen-bond donors (Lipinski definition) is 1. The summed E-state index contributed by atoms with van der Waals surface area (Å²) in [5, 5.41) is 7.74. The minimum Gasteiger partial charge on any atom is -0.390 e. The first kappa shape index (κ1) is 17.9. The van der Waals surface area contributed by atoms with E-state index < -0.39 is 42.2 Å². The van der Waals surface area contributed by atoms with E-state index >= 15 is 0 Å². The maximum absolute atomic E-state index is 12.6. The Labute approximate surface area is 96.9 Å². The average Bonchev–Trinajstić information content (AvgIpc) is 2.26. The molecule has 1 N–H and O–H groups in total. The largest absolute Gasteiger partial charge is 0.390 e. The maximum Gasteiger partial charge on any atom is 0.385 e. The normalized spacial score (nSPS) is 14.5. The molecule has 0 fully saturated rings. The van der Waals surface area contributed by atoms with Gasteiger partial charge in [0.2, 0.25) is 5.83 Å². The monoisotopic (exact) mass is 312 g/mol. The highest BCUT2D eigenvalue weighted by molar-refractivity contribution is 5.16. The fourth-order valence-electron chi connectivity index (χ4n) is 0.783. The first-order valence-corrected chi connectivity index (χ1v) is 4.00. The van der Waals surface area contributed by atoms with Gasteiger partial charge in [-0.3, -0.25) is 0 Å². The molecule has 0 heterocycles. The summed E-state index contributed by atoms with van der Waals surface area (Å²) >= 11 is 0. The van der Waals surface area contributed by atoms with Gasteiger partial charge in [-0.25, -0.2) is 0 Å². The van der Waals surface area contributed by atoms with Gasteiger partial charge in [0.1, 0.15) is 6.61 Å². The third kappa shape index (κ3) is 2.49. The molecule has 0 spiro atoms. The van der Waals surface area contributed by atoms with Gasteiger partial charge in [-0.2, -0.15) is 48.3 Å². The number of hydrogen-bond acceptors (Lipinski definition) is 1.